The van der Waals surface area contributed by atoms with Crippen molar-refractivity contribution in [1.29, 1.82) is 0 Å². The second-order valence-electron chi connectivity index (χ2n) is 4.57. The van der Waals surface area contributed by atoms with Gasteiger partial charge in [-0.15, -0.1) is 11.3 Å². The zero-order valence-electron chi connectivity index (χ0n) is 10.8. The van der Waals surface area contributed by atoms with E-state index in [1.165, 1.54) is 17.7 Å². The molecule has 0 bridgehead atoms. The van der Waals surface area contributed by atoms with Crippen molar-refractivity contribution in [3.63, 3.8) is 0 Å². The molecule has 0 spiro atoms. The predicted molar refractivity (Wildman–Crippen MR) is 73.7 cm³/mol. The average molecular weight is 276 g/mol. The molecular weight excluding hydrogens is 260 g/mol. The molecule has 1 fully saturated rings. The lowest BCUT2D eigenvalue weighted by Gasteiger charge is -2.02. The van der Waals surface area contributed by atoms with E-state index in [1.807, 2.05) is 0 Å². The molecule has 3 rings (SSSR count). The van der Waals surface area contributed by atoms with E-state index >= 15 is 0 Å². The van der Waals surface area contributed by atoms with E-state index in [-0.39, 0.29) is 0 Å². The molecule has 0 atom stereocenters. The Morgan fingerprint density at radius 2 is 2.32 bits per heavy atom. The lowest BCUT2D eigenvalue weighted by atomic mass is 10.3. The Balaban J connectivity index is 1.82. The molecule has 6 heteroatoms. The van der Waals surface area contributed by atoms with Gasteiger partial charge in [0.15, 0.2) is 0 Å². The first-order chi connectivity index (χ1) is 9.36. The van der Waals surface area contributed by atoms with Crippen LogP contribution < -0.4 is 5.32 Å². The van der Waals surface area contributed by atoms with Gasteiger partial charge in [0.05, 0.1) is 18.5 Å². The minimum Gasteiger partial charge on any atom is -0.378 e. The minimum absolute atomic E-state index is 0.540. The smallest absolute Gasteiger partial charge is 0.144 e. The summed E-state index contributed by atoms with van der Waals surface area (Å²) in [6.45, 7) is 1.40. The summed E-state index contributed by atoms with van der Waals surface area (Å²) in [5.41, 5.74) is 1.82. The molecule has 2 aromatic heterocycles. The summed E-state index contributed by atoms with van der Waals surface area (Å²) in [6, 6.07) is 0.692. The lowest BCUT2D eigenvalue weighted by molar-refractivity contribution is 0.181. The molecule has 5 nitrogen and oxygen atoms in total. The van der Waals surface area contributed by atoms with Crippen molar-refractivity contribution in [3.05, 3.63) is 29.2 Å². The zero-order chi connectivity index (χ0) is 13.1. The minimum atomic E-state index is 0.540. The number of nitrogens with zero attached hydrogens (tertiary/aromatic N) is 3. The van der Waals surface area contributed by atoms with Gasteiger partial charge in [-0.3, -0.25) is 9.97 Å². The maximum Gasteiger partial charge on any atom is 0.144 e. The van der Waals surface area contributed by atoms with Gasteiger partial charge in [-0.05, 0) is 12.8 Å². The van der Waals surface area contributed by atoms with E-state index in [4.69, 9.17) is 4.74 Å². The van der Waals surface area contributed by atoms with Crippen LogP contribution in [-0.2, 0) is 17.9 Å². The molecule has 1 aliphatic carbocycles. The van der Waals surface area contributed by atoms with Crippen molar-refractivity contribution < 1.29 is 4.74 Å². The normalized spacial score (nSPS) is 14.8. The third-order valence-electron chi connectivity index (χ3n) is 2.97. The van der Waals surface area contributed by atoms with Gasteiger partial charge in [0.25, 0.3) is 0 Å². The number of hydrogen-bond donors (Lipinski definition) is 1. The van der Waals surface area contributed by atoms with Gasteiger partial charge in [-0.1, -0.05) is 0 Å². The maximum absolute atomic E-state index is 5.22. The van der Waals surface area contributed by atoms with E-state index < -0.39 is 0 Å². The van der Waals surface area contributed by atoms with Crippen LogP contribution in [0, 0.1) is 0 Å². The van der Waals surface area contributed by atoms with Gasteiger partial charge >= 0.3 is 0 Å². The Kier molecular flexibility index (Phi) is 3.82. The van der Waals surface area contributed by atoms with Gasteiger partial charge in [-0.2, -0.15) is 0 Å². The van der Waals surface area contributed by atoms with Gasteiger partial charge in [0, 0.05) is 37.0 Å². The van der Waals surface area contributed by atoms with Crippen LogP contribution in [0.5, 0.6) is 0 Å². The van der Waals surface area contributed by atoms with Crippen LogP contribution in [0.4, 0.5) is 0 Å². The van der Waals surface area contributed by atoms with E-state index in [2.05, 4.69) is 20.3 Å². The summed E-state index contributed by atoms with van der Waals surface area (Å²) >= 11 is 1.67. The molecule has 1 N–H and O–H groups in total. The Morgan fingerprint density at radius 1 is 1.42 bits per heavy atom. The number of rotatable bonds is 6. The fourth-order valence-electron chi connectivity index (χ4n) is 1.81. The Hall–Kier alpha value is -1.37. The SMILES string of the molecule is COCc1nc(-c2cnccn2)sc1CNC1CC1. The zero-order valence-corrected chi connectivity index (χ0v) is 11.6. The quantitative estimate of drug-likeness (QED) is 0.874. The first-order valence-corrected chi connectivity index (χ1v) is 7.15. The molecule has 0 radical (unpaired) electrons. The molecule has 1 saturated carbocycles. The number of nitrogens with one attached hydrogen (secondary N) is 1. The molecule has 2 aromatic rings. The highest BCUT2D eigenvalue weighted by Crippen LogP contribution is 2.28. The van der Waals surface area contributed by atoms with Gasteiger partial charge in [0.1, 0.15) is 10.7 Å². The fourth-order valence-corrected chi connectivity index (χ4v) is 2.79. The second-order valence-corrected chi connectivity index (χ2v) is 5.65. The van der Waals surface area contributed by atoms with Crippen molar-refractivity contribution in [1.82, 2.24) is 20.3 Å². The van der Waals surface area contributed by atoms with E-state index in [1.54, 1.807) is 37.0 Å². The average Bonchev–Trinajstić information content (AvgIpc) is 3.19. The third kappa shape index (κ3) is 3.15. The van der Waals surface area contributed by atoms with Crippen molar-refractivity contribution >= 4 is 11.3 Å². The summed E-state index contributed by atoms with van der Waals surface area (Å²) in [5.74, 6) is 0. The molecular formula is C13H16N4OS. The molecule has 0 aromatic carbocycles. The molecule has 0 saturated heterocycles. The van der Waals surface area contributed by atoms with Crippen molar-refractivity contribution in [2.24, 2.45) is 0 Å². The Morgan fingerprint density at radius 3 is 3.00 bits per heavy atom. The van der Waals surface area contributed by atoms with Crippen molar-refractivity contribution in [2.45, 2.75) is 32.0 Å². The number of aromatic nitrogens is 3. The molecule has 0 aliphatic heterocycles. The maximum atomic E-state index is 5.22. The molecule has 19 heavy (non-hydrogen) atoms. The summed E-state index contributed by atoms with van der Waals surface area (Å²) < 4.78 is 5.22. The lowest BCUT2D eigenvalue weighted by Crippen LogP contribution is -2.15. The van der Waals surface area contributed by atoms with E-state index in [9.17, 15) is 0 Å². The van der Waals surface area contributed by atoms with Crippen LogP contribution in [0.1, 0.15) is 23.4 Å². The second kappa shape index (κ2) is 5.73. The molecule has 1 aliphatic rings. The van der Waals surface area contributed by atoms with Gasteiger partial charge in [-0.25, -0.2) is 4.98 Å². The van der Waals surface area contributed by atoms with Gasteiger partial charge < -0.3 is 10.1 Å². The highest BCUT2D eigenvalue weighted by molar-refractivity contribution is 7.15. The molecule has 2 heterocycles. The highest BCUT2D eigenvalue weighted by Gasteiger charge is 2.21. The van der Waals surface area contributed by atoms with E-state index in [0.717, 1.165) is 22.9 Å². The Labute approximate surface area is 116 Å². The Bertz CT molecular complexity index is 539. The number of hydrogen-bond acceptors (Lipinski definition) is 6. The number of ether oxygens (including phenoxy) is 1. The number of methoxy groups -OCH3 is 1. The van der Waals surface area contributed by atoms with Crippen LogP contribution in [0.3, 0.4) is 0 Å². The first-order valence-electron chi connectivity index (χ1n) is 6.34. The molecule has 0 unspecified atom stereocenters. The van der Waals surface area contributed by atoms with Crippen LogP contribution in [0.25, 0.3) is 10.7 Å². The van der Waals surface area contributed by atoms with Crippen LogP contribution in [0.2, 0.25) is 0 Å². The first kappa shape index (κ1) is 12.7. The fraction of sp³-hybridized carbons (Fsp3) is 0.462. The number of thiazole rings is 1. The largest absolute Gasteiger partial charge is 0.378 e. The molecule has 0 amide bonds. The van der Waals surface area contributed by atoms with Gasteiger partial charge in [0.2, 0.25) is 0 Å². The summed E-state index contributed by atoms with van der Waals surface area (Å²) in [7, 11) is 1.69. The van der Waals surface area contributed by atoms with Crippen LogP contribution in [-0.4, -0.2) is 28.1 Å². The van der Waals surface area contributed by atoms with Crippen LogP contribution in [0.15, 0.2) is 18.6 Å². The van der Waals surface area contributed by atoms with Crippen molar-refractivity contribution in [2.75, 3.05) is 7.11 Å². The summed E-state index contributed by atoms with van der Waals surface area (Å²) in [5, 5.41) is 4.43. The molecule has 100 valence electrons. The topological polar surface area (TPSA) is 59.9 Å². The third-order valence-corrected chi connectivity index (χ3v) is 4.09. The predicted octanol–water partition coefficient (Wildman–Crippen LogP) is 2.00. The highest BCUT2D eigenvalue weighted by atomic mass is 32.1. The van der Waals surface area contributed by atoms with Crippen LogP contribution >= 0.6 is 11.3 Å². The summed E-state index contributed by atoms with van der Waals surface area (Å²) in [6.07, 6.45) is 7.68. The summed E-state index contributed by atoms with van der Waals surface area (Å²) in [4.78, 5) is 14.2. The van der Waals surface area contributed by atoms with E-state index in [0.29, 0.717) is 12.6 Å². The standard InChI is InChI=1S/C13H16N4OS/c1-18-8-11-12(7-16-9-2-3-9)19-13(17-11)10-6-14-4-5-15-10/h4-6,9,16H,2-3,7-8H2,1H3. The van der Waals surface area contributed by atoms with Crippen molar-refractivity contribution in [3.8, 4) is 10.7 Å². The monoisotopic (exact) mass is 276 g/mol.